The number of thioether (sulfide) groups is 1. The molecule has 3 heteroatoms. The molecule has 1 aromatic carbocycles. The highest BCUT2D eigenvalue weighted by Gasteiger charge is 2.00. The molecule has 0 heterocycles. The van der Waals surface area contributed by atoms with Crippen molar-refractivity contribution in [2.45, 2.75) is 24.8 Å². The van der Waals surface area contributed by atoms with Crippen LogP contribution in [-0.2, 0) is 0 Å². The van der Waals surface area contributed by atoms with Crippen LogP contribution in [0.15, 0.2) is 23.1 Å². The molecule has 72 valence electrons. The summed E-state index contributed by atoms with van der Waals surface area (Å²) in [5.41, 5.74) is 6.30. The van der Waals surface area contributed by atoms with Crippen molar-refractivity contribution in [2.24, 2.45) is 5.73 Å². The molecule has 13 heavy (non-hydrogen) atoms. The van der Waals surface area contributed by atoms with Crippen molar-refractivity contribution in [1.82, 2.24) is 0 Å². The summed E-state index contributed by atoms with van der Waals surface area (Å²) in [6.07, 6.45) is 0. The third kappa shape index (κ3) is 3.36. The second kappa shape index (κ2) is 4.63. The highest BCUT2D eigenvalue weighted by atomic mass is 32.2. The first kappa shape index (κ1) is 10.5. The van der Waals surface area contributed by atoms with Crippen LogP contribution in [0.1, 0.15) is 12.5 Å². The van der Waals surface area contributed by atoms with E-state index in [0.29, 0.717) is 5.56 Å². The number of nitrogens with two attached hydrogens (primary N) is 1. The zero-order chi connectivity index (χ0) is 9.84. The van der Waals surface area contributed by atoms with E-state index < -0.39 is 0 Å². The molecule has 0 fully saturated rings. The molecule has 0 aromatic heterocycles. The molecule has 0 saturated heterocycles. The molecule has 0 aliphatic heterocycles. The molecule has 0 amide bonds. The lowest BCUT2D eigenvalue weighted by molar-refractivity contribution is 0.617. The summed E-state index contributed by atoms with van der Waals surface area (Å²) in [6, 6.07) is 5.31. The van der Waals surface area contributed by atoms with Crippen LogP contribution in [-0.4, -0.2) is 11.8 Å². The predicted molar refractivity (Wildman–Crippen MR) is 55.5 cm³/mol. The number of hydrogen-bond acceptors (Lipinski definition) is 2. The van der Waals surface area contributed by atoms with Crippen LogP contribution in [0.5, 0.6) is 0 Å². The Balaban J connectivity index is 2.63. The van der Waals surface area contributed by atoms with Crippen LogP contribution in [0.3, 0.4) is 0 Å². The van der Waals surface area contributed by atoms with Gasteiger partial charge in [-0.15, -0.1) is 11.8 Å². The summed E-state index contributed by atoms with van der Waals surface area (Å²) in [4.78, 5) is 1.08. The minimum absolute atomic E-state index is 0.148. The fourth-order valence-corrected chi connectivity index (χ4v) is 1.81. The molecular formula is C10H14FNS. The van der Waals surface area contributed by atoms with Gasteiger partial charge in [0.2, 0.25) is 0 Å². The van der Waals surface area contributed by atoms with E-state index in [9.17, 15) is 4.39 Å². The lowest BCUT2D eigenvalue weighted by Gasteiger charge is -2.05. The smallest absolute Gasteiger partial charge is 0.126 e. The molecule has 0 radical (unpaired) electrons. The standard InChI is InChI=1S/C10H14FNS/c1-7-5-9(3-4-10(7)11)13-6-8(2)12/h3-5,8H,6,12H2,1-2H3. The molecule has 1 rings (SSSR count). The Hall–Kier alpha value is -0.540. The fourth-order valence-electron chi connectivity index (χ4n) is 0.935. The van der Waals surface area contributed by atoms with Gasteiger partial charge in [0.05, 0.1) is 0 Å². The second-order valence-electron chi connectivity index (χ2n) is 3.20. The van der Waals surface area contributed by atoms with Crippen molar-refractivity contribution in [1.29, 1.82) is 0 Å². The minimum atomic E-state index is -0.148. The lowest BCUT2D eigenvalue weighted by atomic mass is 10.2. The topological polar surface area (TPSA) is 26.0 Å². The minimum Gasteiger partial charge on any atom is -0.327 e. The molecule has 0 aliphatic carbocycles. The summed E-state index contributed by atoms with van der Waals surface area (Å²) in [5.74, 6) is 0.718. The van der Waals surface area contributed by atoms with Gasteiger partial charge in [0, 0.05) is 16.7 Å². The quantitative estimate of drug-likeness (QED) is 0.757. The molecular weight excluding hydrogens is 185 g/mol. The largest absolute Gasteiger partial charge is 0.327 e. The second-order valence-corrected chi connectivity index (χ2v) is 4.29. The van der Waals surface area contributed by atoms with E-state index in [-0.39, 0.29) is 11.9 Å². The Morgan fingerprint density at radius 1 is 1.54 bits per heavy atom. The molecule has 1 atom stereocenters. The van der Waals surface area contributed by atoms with Gasteiger partial charge >= 0.3 is 0 Å². The molecule has 1 unspecified atom stereocenters. The number of hydrogen-bond donors (Lipinski definition) is 1. The molecule has 1 aromatic rings. The van der Waals surface area contributed by atoms with Crippen LogP contribution >= 0.6 is 11.8 Å². The number of benzene rings is 1. The molecule has 2 N–H and O–H groups in total. The average molecular weight is 199 g/mol. The van der Waals surface area contributed by atoms with Crippen LogP contribution in [0.4, 0.5) is 4.39 Å². The van der Waals surface area contributed by atoms with Crippen molar-refractivity contribution >= 4 is 11.8 Å². The predicted octanol–water partition coefficient (Wildman–Crippen LogP) is 2.57. The first-order valence-corrected chi connectivity index (χ1v) is 5.22. The highest BCUT2D eigenvalue weighted by Crippen LogP contribution is 2.20. The van der Waals surface area contributed by atoms with Gasteiger partial charge in [0.15, 0.2) is 0 Å². The SMILES string of the molecule is Cc1cc(SCC(C)N)ccc1F. The average Bonchev–Trinajstić information content (AvgIpc) is 2.07. The van der Waals surface area contributed by atoms with Crippen molar-refractivity contribution in [2.75, 3.05) is 5.75 Å². The lowest BCUT2D eigenvalue weighted by Crippen LogP contribution is -2.17. The number of aryl methyl sites for hydroxylation is 1. The Kier molecular flexibility index (Phi) is 3.75. The van der Waals surface area contributed by atoms with E-state index in [1.54, 1.807) is 24.8 Å². The Bertz CT molecular complexity index is 286. The van der Waals surface area contributed by atoms with Crippen molar-refractivity contribution in [3.63, 3.8) is 0 Å². The maximum Gasteiger partial charge on any atom is 0.126 e. The Morgan fingerprint density at radius 2 is 2.23 bits per heavy atom. The zero-order valence-corrected chi connectivity index (χ0v) is 8.70. The van der Waals surface area contributed by atoms with Gasteiger partial charge < -0.3 is 5.73 Å². The van der Waals surface area contributed by atoms with E-state index in [1.807, 2.05) is 13.0 Å². The number of rotatable bonds is 3. The normalized spacial score (nSPS) is 12.9. The van der Waals surface area contributed by atoms with Gasteiger partial charge in [-0.1, -0.05) is 0 Å². The van der Waals surface area contributed by atoms with Crippen LogP contribution in [0, 0.1) is 12.7 Å². The first-order chi connectivity index (χ1) is 6.09. The number of halogens is 1. The van der Waals surface area contributed by atoms with Crippen LogP contribution in [0.2, 0.25) is 0 Å². The van der Waals surface area contributed by atoms with Gasteiger partial charge in [0.25, 0.3) is 0 Å². The maximum atomic E-state index is 12.9. The Morgan fingerprint density at radius 3 is 2.77 bits per heavy atom. The monoisotopic (exact) mass is 199 g/mol. The molecule has 0 saturated carbocycles. The third-order valence-electron chi connectivity index (χ3n) is 1.64. The summed E-state index contributed by atoms with van der Waals surface area (Å²) in [7, 11) is 0. The van der Waals surface area contributed by atoms with E-state index in [2.05, 4.69) is 0 Å². The maximum absolute atomic E-state index is 12.9. The summed E-state index contributed by atoms with van der Waals surface area (Å²) < 4.78 is 12.9. The van der Waals surface area contributed by atoms with Crippen molar-refractivity contribution < 1.29 is 4.39 Å². The van der Waals surface area contributed by atoms with Gasteiger partial charge in [-0.2, -0.15) is 0 Å². The van der Waals surface area contributed by atoms with E-state index in [1.165, 1.54) is 6.07 Å². The van der Waals surface area contributed by atoms with E-state index in [4.69, 9.17) is 5.73 Å². The summed E-state index contributed by atoms with van der Waals surface area (Å²) in [6.45, 7) is 3.73. The molecule has 0 bridgehead atoms. The summed E-state index contributed by atoms with van der Waals surface area (Å²) in [5, 5.41) is 0. The summed E-state index contributed by atoms with van der Waals surface area (Å²) >= 11 is 1.66. The molecule has 0 aliphatic rings. The van der Waals surface area contributed by atoms with Gasteiger partial charge in [-0.3, -0.25) is 0 Å². The van der Waals surface area contributed by atoms with Crippen molar-refractivity contribution in [3.05, 3.63) is 29.6 Å². The first-order valence-electron chi connectivity index (χ1n) is 4.24. The highest BCUT2D eigenvalue weighted by molar-refractivity contribution is 7.99. The Labute approximate surface area is 82.5 Å². The van der Waals surface area contributed by atoms with Crippen LogP contribution < -0.4 is 5.73 Å². The van der Waals surface area contributed by atoms with Crippen LogP contribution in [0.25, 0.3) is 0 Å². The molecule has 0 spiro atoms. The molecule has 1 nitrogen and oxygen atoms in total. The van der Waals surface area contributed by atoms with E-state index in [0.717, 1.165) is 10.6 Å². The van der Waals surface area contributed by atoms with Gasteiger partial charge in [-0.25, -0.2) is 4.39 Å². The van der Waals surface area contributed by atoms with Gasteiger partial charge in [-0.05, 0) is 37.6 Å². The fraction of sp³-hybridized carbons (Fsp3) is 0.400. The zero-order valence-electron chi connectivity index (χ0n) is 7.88. The van der Waals surface area contributed by atoms with Crippen molar-refractivity contribution in [3.8, 4) is 0 Å². The van der Waals surface area contributed by atoms with Gasteiger partial charge in [0.1, 0.15) is 5.82 Å². The van der Waals surface area contributed by atoms with E-state index >= 15 is 0 Å². The third-order valence-corrected chi connectivity index (χ3v) is 2.92.